The summed E-state index contributed by atoms with van der Waals surface area (Å²) in [6.07, 6.45) is 5.24. The summed E-state index contributed by atoms with van der Waals surface area (Å²) in [6.45, 7) is 6.34. The molecule has 1 saturated heterocycles. The first kappa shape index (κ1) is 21.6. The monoisotopic (exact) mass is 461 g/mol. The number of allylic oxidation sites excluding steroid dienone is 1. The highest BCUT2D eigenvalue weighted by atomic mass is 79.9. The van der Waals surface area contributed by atoms with E-state index in [0.29, 0.717) is 18.0 Å². The summed E-state index contributed by atoms with van der Waals surface area (Å²) in [5.74, 6) is 2.31. The second-order valence-electron chi connectivity index (χ2n) is 7.00. The van der Waals surface area contributed by atoms with Gasteiger partial charge in [-0.2, -0.15) is 0 Å². The van der Waals surface area contributed by atoms with Crippen LogP contribution in [0.5, 0.6) is 11.5 Å². The van der Waals surface area contributed by atoms with Gasteiger partial charge in [-0.3, -0.25) is 4.90 Å². The first-order chi connectivity index (χ1) is 14.1. The molecule has 2 aromatic rings. The molecule has 1 aromatic heterocycles. The SMILES string of the molecule is C/C=C/c1ccc(OCC(O)CN2CCN(c3ccc(Br)cn3)CC2)c(OC)c1. The van der Waals surface area contributed by atoms with E-state index in [1.165, 1.54) is 0 Å². The molecule has 0 spiro atoms. The van der Waals surface area contributed by atoms with Crippen molar-refractivity contribution in [3.63, 3.8) is 0 Å². The topological polar surface area (TPSA) is 58.1 Å². The number of methoxy groups -OCH3 is 1. The number of hydrogen-bond acceptors (Lipinski definition) is 6. The Morgan fingerprint density at radius 1 is 1.17 bits per heavy atom. The minimum atomic E-state index is -0.563. The fourth-order valence-electron chi connectivity index (χ4n) is 3.35. The van der Waals surface area contributed by atoms with Gasteiger partial charge in [-0.25, -0.2) is 4.98 Å². The van der Waals surface area contributed by atoms with Crippen molar-refractivity contribution < 1.29 is 14.6 Å². The summed E-state index contributed by atoms with van der Waals surface area (Å²) < 4.78 is 12.2. The number of pyridine rings is 1. The summed E-state index contributed by atoms with van der Waals surface area (Å²) in [7, 11) is 1.62. The molecular weight excluding hydrogens is 434 g/mol. The molecule has 156 valence electrons. The average molecular weight is 462 g/mol. The van der Waals surface area contributed by atoms with E-state index in [-0.39, 0.29) is 6.61 Å². The number of halogens is 1. The Hall–Kier alpha value is -2.09. The van der Waals surface area contributed by atoms with Gasteiger partial charge < -0.3 is 19.5 Å². The summed E-state index contributed by atoms with van der Waals surface area (Å²) in [5, 5.41) is 10.4. The van der Waals surface area contributed by atoms with Crippen LogP contribution in [0.25, 0.3) is 6.08 Å². The van der Waals surface area contributed by atoms with E-state index in [2.05, 4.69) is 30.7 Å². The van der Waals surface area contributed by atoms with E-state index in [4.69, 9.17) is 9.47 Å². The Balaban J connectivity index is 1.45. The number of aliphatic hydroxyl groups is 1. The van der Waals surface area contributed by atoms with Crippen LogP contribution in [0.4, 0.5) is 5.82 Å². The molecule has 1 atom stereocenters. The number of aromatic nitrogens is 1. The molecular formula is C22H28BrN3O3. The number of piperazine rings is 1. The molecule has 1 fully saturated rings. The van der Waals surface area contributed by atoms with Crippen molar-refractivity contribution in [2.45, 2.75) is 13.0 Å². The number of nitrogens with zero attached hydrogens (tertiary/aromatic N) is 3. The van der Waals surface area contributed by atoms with E-state index < -0.39 is 6.10 Å². The third-order valence-corrected chi connectivity index (χ3v) is 5.32. The standard InChI is InChI=1S/C22H28BrN3O3/c1-3-4-17-5-7-20(21(13-17)28-2)29-16-19(27)15-25-9-11-26(12-10-25)22-8-6-18(23)14-24-22/h3-8,13-14,19,27H,9-12,15-16H2,1-2H3/b4-3+. The second kappa shape index (κ2) is 10.6. The Kier molecular flexibility index (Phi) is 7.91. The van der Waals surface area contributed by atoms with Crippen molar-refractivity contribution in [2.24, 2.45) is 0 Å². The van der Waals surface area contributed by atoms with Gasteiger partial charge >= 0.3 is 0 Å². The molecule has 3 rings (SSSR count). The molecule has 29 heavy (non-hydrogen) atoms. The second-order valence-corrected chi connectivity index (χ2v) is 7.91. The van der Waals surface area contributed by atoms with E-state index >= 15 is 0 Å². The van der Waals surface area contributed by atoms with Crippen LogP contribution < -0.4 is 14.4 Å². The average Bonchev–Trinajstić information content (AvgIpc) is 2.74. The lowest BCUT2D eigenvalue weighted by atomic mass is 10.2. The summed E-state index contributed by atoms with van der Waals surface area (Å²) >= 11 is 3.42. The molecule has 0 radical (unpaired) electrons. The molecule has 0 bridgehead atoms. The number of ether oxygens (including phenoxy) is 2. The zero-order chi connectivity index (χ0) is 20.6. The summed E-state index contributed by atoms with van der Waals surface area (Å²) in [5.41, 5.74) is 1.05. The first-order valence-corrected chi connectivity index (χ1v) is 10.6. The van der Waals surface area contributed by atoms with E-state index in [9.17, 15) is 5.11 Å². The maximum atomic E-state index is 10.4. The lowest BCUT2D eigenvalue weighted by Gasteiger charge is -2.36. The molecule has 0 amide bonds. The molecule has 0 aliphatic carbocycles. The van der Waals surface area contributed by atoms with Crippen LogP contribution in [-0.2, 0) is 0 Å². The van der Waals surface area contributed by atoms with Crippen LogP contribution in [0.2, 0.25) is 0 Å². The van der Waals surface area contributed by atoms with Crippen LogP contribution in [0.15, 0.2) is 47.1 Å². The first-order valence-electron chi connectivity index (χ1n) is 9.79. The van der Waals surface area contributed by atoms with Gasteiger partial charge in [-0.1, -0.05) is 18.2 Å². The van der Waals surface area contributed by atoms with Crippen molar-refractivity contribution in [2.75, 3.05) is 51.3 Å². The molecule has 1 aliphatic rings. The van der Waals surface area contributed by atoms with Gasteiger partial charge in [0.1, 0.15) is 18.5 Å². The number of aliphatic hydroxyl groups excluding tert-OH is 1. The Bertz CT molecular complexity index is 805. The minimum absolute atomic E-state index is 0.230. The van der Waals surface area contributed by atoms with E-state index in [0.717, 1.165) is 42.0 Å². The van der Waals surface area contributed by atoms with Gasteiger partial charge in [-0.05, 0) is 52.7 Å². The molecule has 0 saturated carbocycles. The Morgan fingerprint density at radius 2 is 1.97 bits per heavy atom. The molecule has 1 unspecified atom stereocenters. The van der Waals surface area contributed by atoms with Gasteiger partial charge in [0.2, 0.25) is 0 Å². The zero-order valence-corrected chi connectivity index (χ0v) is 18.5. The third-order valence-electron chi connectivity index (χ3n) is 4.86. The smallest absolute Gasteiger partial charge is 0.161 e. The Morgan fingerprint density at radius 3 is 2.62 bits per heavy atom. The van der Waals surface area contributed by atoms with Crippen LogP contribution in [0.3, 0.4) is 0 Å². The molecule has 6 nitrogen and oxygen atoms in total. The lowest BCUT2D eigenvalue weighted by molar-refractivity contribution is 0.0653. The van der Waals surface area contributed by atoms with Crippen molar-refractivity contribution in [3.8, 4) is 11.5 Å². The zero-order valence-electron chi connectivity index (χ0n) is 16.9. The van der Waals surface area contributed by atoms with Gasteiger partial charge in [0.15, 0.2) is 11.5 Å². The fraction of sp³-hybridized carbons (Fsp3) is 0.409. The third kappa shape index (κ3) is 6.19. The van der Waals surface area contributed by atoms with Crippen molar-refractivity contribution in [1.82, 2.24) is 9.88 Å². The Labute approximate surface area is 180 Å². The fourth-order valence-corrected chi connectivity index (χ4v) is 3.59. The number of anilines is 1. The predicted molar refractivity (Wildman–Crippen MR) is 120 cm³/mol. The highest BCUT2D eigenvalue weighted by molar-refractivity contribution is 9.10. The quantitative estimate of drug-likeness (QED) is 0.649. The summed E-state index contributed by atoms with van der Waals surface area (Å²) in [6, 6.07) is 9.81. The van der Waals surface area contributed by atoms with Gasteiger partial charge in [0.25, 0.3) is 0 Å². The van der Waals surface area contributed by atoms with E-state index in [1.807, 2.05) is 55.6 Å². The molecule has 1 aliphatic heterocycles. The molecule has 1 aromatic carbocycles. The van der Waals surface area contributed by atoms with E-state index in [1.54, 1.807) is 7.11 Å². The number of β-amino-alcohol motifs (C(OH)–C–C–N with tert-alkyl or cyclic N) is 1. The normalized spacial score (nSPS) is 16.2. The minimum Gasteiger partial charge on any atom is -0.493 e. The van der Waals surface area contributed by atoms with Crippen molar-refractivity contribution in [1.29, 1.82) is 0 Å². The molecule has 1 N–H and O–H groups in total. The number of rotatable bonds is 8. The van der Waals surface area contributed by atoms with Crippen molar-refractivity contribution >= 4 is 27.8 Å². The highest BCUT2D eigenvalue weighted by Gasteiger charge is 2.20. The molecule has 2 heterocycles. The molecule has 7 heteroatoms. The number of hydrogen-bond donors (Lipinski definition) is 1. The van der Waals surface area contributed by atoms with Gasteiger partial charge in [0, 0.05) is 43.4 Å². The van der Waals surface area contributed by atoms with Crippen LogP contribution in [0, 0.1) is 0 Å². The number of benzene rings is 1. The maximum absolute atomic E-state index is 10.4. The van der Waals surface area contributed by atoms with Crippen LogP contribution in [0.1, 0.15) is 12.5 Å². The predicted octanol–water partition coefficient (Wildman–Crippen LogP) is 3.45. The van der Waals surface area contributed by atoms with Crippen LogP contribution >= 0.6 is 15.9 Å². The van der Waals surface area contributed by atoms with Crippen LogP contribution in [-0.4, -0.2) is 67.5 Å². The maximum Gasteiger partial charge on any atom is 0.161 e. The van der Waals surface area contributed by atoms with Gasteiger partial charge in [-0.15, -0.1) is 0 Å². The van der Waals surface area contributed by atoms with Gasteiger partial charge in [0.05, 0.1) is 7.11 Å². The lowest BCUT2D eigenvalue weighted by Crippen LogP contribution is -2.49. The highest BCUT2D eigenvalue weighted by Crippen LogP contribution is 2.28. The largest absolute Gasteiger partial charge is 0.493 e. The summed E-state index contributed by atoms with van der Waals surface area (Å²) in [4.78, 5) is 8.99. The van der Waals surface area contributed by atoms with Crippen molar-refractivity contribution in [3.05, 3.63) is 52.6 Å².